The van der Waals surface area contributed by atoms with Crippen molar-refractivity contribution >= 4 is 41.1 Å². The summed E-state index contributed by atoms with van der Waals surface area (Å²) in [6.07, 6.45) is 6.99. The van der Waals surface area contributed by atoms with Crippen molar-refractivity contribution in [1.82, 2.24) is 25.0 Å². The third-order valence-electron chi connectivity index (χ3n) is 9.86. The number of aromatic nitrogens is 1. The molecule has 46 heavy (non-hydrogen) atoms. The van der Waals surface area contributed by atoms with Gasteiger partial charge in [0.05, 0.1) is 5.69 Å². The summed E-state index contributed by atoms with van der Waals surface area (Å²) >= 11 is 1.44. The molecule has 4 atom stereocenters. The number of carbonyl (C=O) groups is 4. The van der Waals surface area contributed by atoms with Crippen LogP contribution in [0.5, 0.6) is 0 Å². The predicted octanol–water partition coefficient (Wildman–Crippen LogP) is 4.18. The van der Waals surface area contributed by atoms with Crippen LogP contribution in [-0.2, 0) is 20.9 Å². The molecule has 3 N–H and O–H groups in total. The molecular formula is C34H47FN6O4S. The zero-order valence-corrected chi connectivity index (χ0v) is 28.1. The molecule has 2 saturated heterocycles. The van der Waals surface area contributed by atoms with Gasteiger partial charge < -0.3 is 30.3 Å². The molecule has 250 valence electrons. The number of benzene rings is 1. The van der Waals surface area contributed by atoms with E-state index in [0.29, 0.717) is 30.9 Å². The lowest BCUT2D eigenvalue weighted by molar-refractivity contribution is -0.138. The Balaban J connectivity index is 1.32. The fourth-order valence-electron chi connectivity index (χ4n) is 6.81. The molecule has 1 unspecified atom stereocenters. The number of anilines is 1. The van der Waals surface area contributed by atoms with Crippen LogP contribution < -0.4 is 16.0 Å². The molecule has 0 radical (unpaired) electrons. The average molecular weight is 655 g/mol. The molecule has 12 heteroatoms. The SMILES string of the molecule is CCC(=O)N[C@@H](C(=O)N1CCN(C)CC1)[C@@H](C)c1ccc(NC(=O)[C@]2(C3CCCCC3)SC2NC(=O)c2cccn2CC)c(F)c1. The minimum Gasteiger partial charge on any atom is -0.344 e. The average Bonchev–Trinajstić information content (AvgIpc) is 3.58. The van der Waals surface area contributed by atoms with Crippen LogP contribution in [0.2, 0.25) is 0 Å². The van der Waals surface area contributed by atoms with Crippen LogP contribution in [0.3, 0.4) is 0 Å². The zero-order chi connectivity index (χ0) is 33.0. The van der Waals surface area contributed by atoms with E-state index >= 15 is 4.39 Å². The molecule has 2 aliphatic heterocycles. The lowest BCUT2D eigenvalue weighted by atomic mass is 9.79. The molecule has 3 heterocycles. The van der Waals surface area contributed by atoms with Gasteiger partial charge in [0.15, 0.2) is 0 Å². The molecule has 0 bridgehead atoms. The highest BCUT2D eigenvalue weighted by molar-refractivity contribution is 8.09. The molecule has 10 nitrogen and oxygen atoms in total. The molecule has 3 fully saturated rings. The van der Waals surface area contributed by atoms with Gasteiger partial charge in [0, 0.05) is 51.3 Å². The van der Waals surface area contributed by atoms with Crippen LogP contribution in [0.25, 0.3) is 0 Å². The number of halogens is 1. The smallest absolute Gasteiger partial charge is 0.268 e. The first-order valence-corrected chi connectivity index (χ1v) is 17.5. The highest BCUT2D eigenvalue weighted by Gasteiger charge is 2.66. The topological polar surface area (TPSA) is 116 Å². The van der Waals surface area contributed by atoms with E-state index in [4.69, 9.17) is 0 Å². The van der Waals surface area contributed by atoms with Crippen LogP contribution in [0.4, 0.5) is 10.1 Å². The molecule has 1 aromatic heterocycles. The second kappa shape index (κ2) is 14.6. The Bertz CT molecular complexity index is 1440. The molecule has 1 saturated carbocycles. The summed E-state index contributed by atoms with van der Waals surface area (Å²) in [5, 5.41) is 8.38. The lowest BCUT2D eigenvalue weighted by Crippen LogP contribution is -2.55. The van der Waals surface area contributed by atoms with E-state index < -0.39 is 27.9 Å². The van der Waals surface area contributed by atoms with Crippen LogP contribution in [0, 0.1) is 11.7 Å². The van der Waals surface area contributed by atoms with Crippen molar-refractivity contribution < 1.29 is 23.6 Å². The number of amides is 4. The minimum absolute atomic E-state index is 0.0492. The maximum atomic E-state index is 15.7. The van der Waals surface area contributed by atoms with Crippen molar-refractivity contribution in [3.63, 3.8) is 0 Å². The molecule has 1 aliphatic carbocycles. The number of thioether (sulfide) groups is 1. The summed E-state index contributed by atoms with van der Waals surface area (Å²) in [5.41, 5.74) is 1.14. The van der Waals surface area contributed by atoms with E-state index in [1.54, 1.807) is 24.0 Å². The van der Waals surface area contributed by atoms with Crippen LogP contribution in [-0.4, -0.2) is 87.4 Å². The number of rotatable bonds is 11. The van der Waals surface area contributed by atoms with Crippen molar-refractivity contribution in [3.05, 3.63) is 53.6 Å². The molecular weight excluding hydrogens is 607 g/mol. The van der Waals surface area contributed by atoms with Crippen molar-refractivity contribution in [2.24, 2.45) is 5.92 Å². The number of likely N-dealkylation sites (N-methyl/N-ethyl adjacent to an activating group) is 1. The van der Waals surface area contributed by atoms with E-state index in [1.165, 1.54) is 23.9 Å². The van der Waals surface area contributed by atoms with Crippen LogP contribution in [0.15, 0.2) is 36.5 Å². The van der Waals surface area contributed by atoms with Gasteiger partial charge in [-0.15, -0.1) is 11.8 Å². The maximum absolute atomic E-state index is 15.7. The number of carbonyl (C=O) groups excluding carboxylic acids is 4. The van der Waals surface area contributed by atoms with E-state index in [2.05, 4.69) is 20.9 Å². The summed E-state index contributed by atoms with van der Waals surface area (Å²) in [7, 11) is 2.00. The van der Waals surface area contributed by atoms with Gasteiger partial charge in [-0.25, -0.2) is 4.39 Å². The first kappa shape index (κ1) is 34.0. The molecule has 5 rings (SSSR count). The second-order valence-corrected chi connectivity index (χ2v) is 14.2. The van der Waals surface area contributed by atoms with Gasteiger partial charge in [0.25, 0.3) is 5.91 Å². The number of piperazine rings is 1. The third-order valence-corrected chi connectivity index (χ3v) is 11.5. The Morgan fingerprint density at radius 1 is 1.04 bits per heavy atom. The van der Waals surface area contributed by atoms with E-state index in [1.807, 2.05) is 37.7 Å². The van der Waals surface area contributed by atoms with Gasteiger partial charge in [0.1, 0.15) is 27.7 Å². The Labute approximate surface area is 275 Å². The van der Waals surface area contributed by atoms with Gasteiger partial charge in [-0.05, 0) is 62.6 Å². The van der Waals surface area contributed by atoms with E-state index in [-0.39, 0.29) is 41.7 Å². The Morgan fingerprint density at radius 2 is 1.76 bits per heavy atom. The van der Waals surface area contributed by atoms with Gasteiger partial charge in [0.2, 0.25) is 17.7 Å². The van der Waals surface area contributed by atoms with Crippen molar-refractivity contribution in [1.29, 1.82) is 0 Å². The summed E-state index contributed by atoms with van der Waals surface area (Å²) in [6.45, 7) is 8.78. The summed E-state index contributed by atoms with van der Waals surface area (Å²) in [5.74, 6) is -2.01. The second-order valence-electron chi connectivity index (χ2n) is 12.8. The van der Waals surface area contributed by atoms with Gasteiger partial charge in [-0.3, -0.25) is 19.2 Å². The van der Waals surface area contributed by atoms with E-state index in [9.17, 15) is 19.2 Å². The predicted molar refractivity (Wildman–Crippen MR) is 178 cm³/mol. The fourth-order valence-corrected chi connectivity index (χ4v) is 8.25. The van der Waals surface area contributed by atoms with Crippen LogP contribution >= 0.6 is 11.8 Å². The fraction of sp³-hybridized carbons (Fsp3) is 0.588. The number of nitrogens with one attached hydrogen (secondary N) is 3. The Kier molecular flexibility index (Phi) is 10.8. The number of hydrogen-bond donors (Lipinski definition) is 3. The molecule has 0 spiro atoms. The van der Waals surface area contributed by atoms with Crippen molar-refractivity contribution in [3.8, 4) is 0 Å². The Hall–Kier alpha value is -3.38. The highest BCUT2D eigenvalue weighted by Crippen LogP contribution is 2.60. The minimum atomic E-state index is -0.872. The summed E-state index contributed by atoms with van der Waals surface area (Å²) in [4.78, 5) is 57.0. The maximum Gasteiger partial charge on any atom is 0.268 e. The first-order valence-electron chi connectivity index (χ1n) is 16.6. The quantitative estimate of drug-likeness (QED) is 0.314. The number of nitrogens with zero attached hydrogens (tertiary/aromatic N) is 3. The number of hydrogen-bond acceptors (Lipinski definition) is 6. The number of aryl methyl sites for hydroxylation is 1. The van der Waals surface area contributed by atoms with Crippen molar-refractivity contribution in [2.75, 3.05) is 38.5 Å². The standard InChI is InChI=1S/C34H47FN6O4S/c1-5-28(42)37-29(31(44)41-19-17-39(4)18-20-41)22(3)23-14-15-26(25(35)21-23)36-32(45)34(24-11-8-7-9-12-24)33(46-34)38-30(43)27-13-10-16-40(27)6-2/h10,13-16,21-22,24,29,33H,5-9,11-12,17-20H2,1-4H3,(H,36,45)(H,37,42)(H,38,43)/t22-,29+,33?,34-/m0/s1. The lowest BCUT2D eigenvalue weighted by Gasteiger charge is -2.36. The first-order chi connectivity index (χ1) is 22.1. The monoisotopic (exact) mass is 654 g/mol. The highest BCUT2D eigenvalue weighted by atomic mass is 32.2. The van der Waals surface area contributed by atoms with Crippen LogP contribution in [0.1, 0.15) is 81.3 Å². The van der Waals surface area contributed by atoms with Gasteiger partial charge >= 0.3 is 0 Å². The van der Waals surface area contributed by atoms with Gasteiger partial charge in [-0.1, -0.05) is 39.2 Å². The molecule has 1 aromatic carbocycles. The van der Waals surface area contributed by atoms with Gasteiger partial charge in [-0.2, -0.15) is 0 Å². The molecule has 2 aromatic rings. The Morgan fingerprint density at radius 3 is 2.41 bits per heavy atom. The van der Waals surface area contributed by atoms with E-state index in [0.717, 1.165) is 45.2 Å². The largest absolute Gasteiger partial charge is 0.344 e. The molecule has 4 amide bonds. The summed E-state index contributed by atoms with van der Waals surface area (Å²) in [6, 6.07) is 7.33. The third kappa shape index (κ3) is 7.12. The normalized spacial score (nSPS) is 23.3. The zero-order valence-electron chi connectivity index (χ0n) is 27.3. The molecule has 3 aliphatic rings. The van der Waals surface area contributed by atoms with Crippen molar-refractivity contribution in [2.45, 2.75) is 87.9 Å². The summed E-state index contributed by atoms with van der Waals surface area (Å²) < 4.78 is 16.7.